The number of ether oxygens (including phenoxy) is 1. The van der Waals surface area contributed by atoms with Crippen molar-refractivity contribution in [2.24, 2.45) is 0 Å². The lowest BCUT2D eigenvalue weighted by Gasteiger charge is -2.08. The first-order valence-corrected chi connectivity index (χ1v) is 6.56. The quantitative estimate of drug-likeness (QED) is 0.876. The zero-order chi connectivity index (χ0) is 15.4. The van der Waals surface area contributed by atoms with Crippen LogP contribution in [0.2, 0.25) is 0 Å². The SMILES string of the molecule is O=C(Nc1ccc(F)cc1Br)c1ccc(OC(F)F)cc1. The topological polar surface area (TPSA) is 38.3 Å². The molecule has 0 aliphatic rings. The maximum atomic E-state index is 12.9. The third kappa shape index (κ3) is 4.22. The molecule has 1 amide bonds. The van der Waals surface area contributed by atoms with E-state index in [-0.39, 0.29) is 11.3 Å². The highest BCUT2D eigenvalue weighted by Gasteiger charge is 2.10. The van der Waals surface area contributed by atoms with E-state index in [4.69, 9.17) is 0 Å². The molecule has 0 radical (unpaired) electrons. The lowest BCUT2D eigenvalue weighted by atomic mass is 10.2. The Balaban J connectivity index is 2.09. The summed E-state index contributed by atoms with van der Waals surface area (Å²) in [6.07, 6.45) is 0. The minimum Gasteiger partial charge on any atom is -0.435 e. The van der Waals surface area contributed by atoms with Gasteiger partial charge in [0.1, 0.15) is 11.6 Å². The number of nitrogens with one attached hydrogen (secondary N) is 1. The molecular formula is C14H9BrF3NO2. The summed E-state index contributed by atoms with van der Waals surface area (Å²) in [6, 6.07) is 9.07. The van der Waals surface area contributed by atoms with Crippen molar-refractivity contribution in [3.8, 4) is 5.75 Å². The summed E-state index contributed by atoms with van der Waals surface area (Å²) in [6.45, 7) is -2.92. The molecule has 0 atom stereocenters. The average Bonchev–Trinajstić information content (AvgIpc) is 2.42. The number of carbonyl (C=O) groups excluding carboxylic acids is 1. The smallest absolute Gasteiger partial charge is 0.387 e. The fourth-order valence-corrected chi connectivity index (χ4v) is 2.02. The van der Waals surface area contributed by atoms with Crippen molar-refractivity contribution >= 4 is 27.5 Å². The Bertz CT molecular complexity index is 647. The van der Waals surface area contributed by atoms with Gasteiger partial charge in [0.25, 0.3) is 5.91 Å². The van der Waals surface area contributed by atoms with Crippen LogP contribution < -0.4 is 10.1 Å². The van der Waals surface area contributed by atoms with Crippen LogP contribution in [0.4, 0.5) is 18.9 Å². The lowest BCUT2D eigenvalue weighted by molar-refractivity contribution is -0.0498. The molecule has 0 saturated heterocycles. The average molecular weight is 360 g/mol. The molecule has 0 aliphatic heterocycles. The second-order valence-electron chi connectivity index (χ2n) is 3.98. The van der Waals surface area contributed by atoms with Gasteiger partial charge < -0.3 is 10.1 Å². The van der Waals surface area contributed by atoms with Crippen molar-refractivity contribution in [2.75, 3.05) is 5.32 Å². The van der Waals surface area contributed by atoms with Crippen LogP contribution in [0, 0.1) is 5.82 Å². The molecule has 110 valence electrons. The maximum absolute atomic E-state index is 12.9. The Morgan fingerprint density at radius 1 is 1.14 bits per heavy atom. The van der Waals surface area contributed by atoms with Gasteiger partial charge in [0, 0.05) is 10.0 Å². The van der Waals surface area contributed by atoms with Crippen LogP contribution >= 0.6 is 15.9 Å². The number of hydrogen-bond donors (Lipinski definition) is 1. The van der Waals surface area contributed by atoms with Gasteiger partial charge in [-0.3, -0.25) is 4.79 Å². The predicted molar refractivity (Wildman–Crippen MR) is 75.1 cm³/mol. The highest BCUT2D eigenvalue weighted by Crippen LogP contribution is 2.24. The van der Waals surface area contributed by atoms with Crippen LogP contribution in [0.15, 0.2) is 46.9 Å². The van der Waals surface area contributed by atoms with Crippen LogP contribution in [-0.4, -0.2) is 12.5 Å². The molecular weight excluding hydrogens is 351 g/mol. The number of carbonyl (C=O) groups is 1. The van der Waals surface area contributed by atoms with E-state index in [0.29, 0.717) is 10.2 Å². The van der Waals surface area contributed by atoms with Crippen molar-refractivity contribution in [3.63, 3.8) is 0 Å². The summed E-state index contributed by atoms with van der Waals surface area (Å²) in [5.74, 6) is -0.927. The highest BCUT2D eigenvalue weighted by atomic mass is 79.9. The van der Waals surface area contributed by atoms with E-state index in [1.165, 1.54) is 42.5 Å². The number of rotatable bonds is 4. The summed E-state index contributed by atoms with van der Waals surface area (Å²) in [4.78, 5) is 12.0. The molecule has 0 saturated carbocycles. The first-order chi connectivity index (χ1) is 9.95. The summed E-state index contributed by atoms with van der Waals surface area (Å²) >= 11 is 3.13. The molecule has 0 fully saturated rings. The van der Waals surface area contributed by atoms with Gasteiger partial charge in [-0.2, -0.15) is 8.78 Å². The Hall–Kier alpha value is -2.02. The molecule has 0 aromatic heterocycles. The zero-order valence-electron chi connectivity index (χ0n) is 10.4. The van der Waals surface area contributed by atoms with Crippen molar-refractivity contribution in [2.45, 2.75) is 6.61 Å². The molecule has 2 aromatic rings. The molecule has 0 aliphatic carbocycles. The van der Waals surface area contributed by atoms with E-state index in [1.54, 1.807) is 0 Å². The van der Waals surface area contributed by atoms with Crippen molar-refractivity contribution < 1.29 is 22.7 Å². The molecule has 7 heteroatoms. The monoisotopic (exact) mass is 359 g/mol. The Morgan fingerprint density at radius 3 is 2.38 bits per heavy atom. The second kappa shape index (κ2) is 6.62. The summed E-state index contributed by atoms with van der Waals surface area (Å²) in [5, 5.41) is 2.57. The van der Waals surface area contributed by atoms with Gasteiger partial charge in [0.2, 0.25) is 0 Å². The van der Waals surface area contributed by atoms with Crippen molar-refractivity contribution in [3.05, 3.63) is 58.3 Å². The molecule has 0 unspecified atom stereocenters. The van der Waals surface area contributed by atoms with E-state index in [9.17, 15) is 18.0 Å². The summed E-state index contributed by atoms with van der Waals surface area (Å²) < 4.78 is 41.5. The minimum absolute atomic E-state index is 0.0375. The predicted octanol–water partition coefficient (Wildman–Crippen LogP) is 4.44. The first kappa shape index (κ1) is 15.4. The van der Waals surface area contributed by atoms with Gasteiger partial charge >= 0.3 is 6.61 Å². The summed E-state index contributed by atoms with van der Waals surface area (Å²) in [5.41, 5.74) is 0.655. The van der Waals surface area contributed by atoms with E-state index in [1.807, 2.05) is 0 Å². The third-order valence-corrected chi connectivity index (χ3v) is 3.18. The Morgan fingerprint density at radius 2 is 1.81 bits per heavy atom. The molecule has 3 nitrogen and oxygen atoms in total. The molecule has 0 heterocycles. The van der Waals surface area contributed by atoms with Gasteiger partial charge in [0.15, 0.2) is 0 Å². The second-order valence-corrected chi connectivity index (χ2v) is 4.84. The third-order valence-electron chi connectivity index (χ3n) is 2.52. The molecule has 0 spiro atoms. The zero-order valence-corrected chi connectivity index (χ0v) is 12.0. The highest BCUT2D eigenvalue weighted by molar-refractivity contribution is 9.10. The maximum Gasteiger partial charge on any atom is 0.387 e. The molecule has 21 heavy (non-hydrogen) atoms. The standard InChI is InChI=1S/C14H9BrF3NO2/c15-11-7-9(16)3-6-12(11)19-13(20)8-1-4-10(5-2-8)21-14(17)18/h1-7,14H,(H,19,20). The number of benzene rings is 2. The molecule has 1 N–H and O–H groups in total. The first-order valence-electron chi connectivity index (χ1n) is 5.77. The Kier molecular flexibility index (Phi) is 4.85. The molecule has 2 aromatic carbocycles. The summed E-state index contributed by atoms with van der Waals surface area (Å²) in [7, 11) is 0. The lowest BCUT2D eigenvalue weighted by Crippen LogP contribution is -2.12. The van der Waals surface area contributed by atoms with Gasteiger partial charge in [-0.05, 0) is 58.4 Å². The van der Waals surface area contributed by atoms with Gasteiger partial charge in [-0.15, -0.1) is 0 Å². The van der Waals surface area contributed by atoms with Crippen LogP contribution in [-0.2, 0) is 0 Å². The largest absolute Gasteiger partial charge is 0.435 e. The van der Waals surface area contributed by atoms with E-state index in [0.717, 1.165) is 0 Å². The number of anilines is 1. The van der Waals surface area contributed by atoms with Crippen molar-refractivity contribution in [1.82, 2.24) is 0 Å². The van der Waals surface area contributed by atoms with Crippen LogP contribution in [0.1, 0.15) is 10.4 Å². The number of amides is 1. The van der Waals surface area contributed by atoms with Crippen LogP contribution in [0.25, 0.3) is 0 Å². The fraction of sp³-hybridized carbons (Fsp3) is 0.0714. The van der Waals surface area contributed by atoms with Crippen LogP contribution in [0.5, 0.6) is 5.75 Å². The molecule has 2 rings (SSSR count). The number of hydrogen-bond acceptors (Lipinski definition) is 2. The van der Waals surface area contributed by atoms with Gasteiger partial charge in [0.05, 0.1) is 5.69 Å². The Labute approximate surface area is 126 Å². The van der Waals surface area contributed by atoms with Gasteiger partial charge in [-0.1, -0.05) is 0 Å². The van der Waals surface area contributed by atoms with E-state index >= 15 is 0 Å². The van der Waals surface area contributed by atoms with Crippen molar-refractivity contribution in [1.29, 1.82) is 0 Å². The molecule has 0 bridgehead atoms. The number of halogens is 4. The number of alkyl halides is 2. The van der Waals surface area contributed by atoms with Gasteiger partial charge in [-0.25, -0.2) is 4.39 Å². The van der Waals surface area contributed by atoms with E-state index in [2.05, 4.69) is 26.0 Å². The minimum atomic E-state index is -2.92. The van der Waals surface area contributed by atoms with Crippen LogP contribution in [0.3, 0.4) is 0 Å². The fourth-order valence-electron chi connectivity index (χ4n) is 1.57. The normalized spacial score (nSPS) is 10.5. The van der Waals surface area contributed by atoms with E-state index < -0.39 is 18.3 Å².